The zero-order valence-corrected chi connectivity index (χ0v) is 17.2. The molecule has 0 aliphatic carbocycles. The first-order chi connectivity index (χ1) is 11.6. The Bertz CT molecular complexity index is 675. The number of aliphatic imine (C=N–C) groups is 1. The summed E-state index contributed by atoms with van der Waals surface area (Å²) in [5, 5.41) is 6.51. The molecule has 25 heavy (non-hydrogen) atoms. The highest BCUT2D eigenvalue weighted by atomic mass is 127. The van der Waals surface area contributed by atoms with Crippen LogP contribution >= 0.6 is 24.0 Å². The smallest absolute Gasteiger partial charge is 0.191 e. The van der Waals surface area contributed by atoms with Gasteiger partial charge in [-0.25, -0.2) is 4.39 Å². The average molecular weight is 460 g/mol. The number of nitrogens with one attached hydrogen (secondary N) is 2. The summed E-state index contributed by atoms with van der Waals surface area (Å²) in [5.41, 5.74) is 1.18. The Kier molecular flexibility index (Phi) is 9.33. The molecule has 1 aromatic heterocycles. The molecule has 1 heterocycles. The predicted octanol–water partition coefficient (Wildman–Crippen LogP) is 3.30. The number of halogens is 2. The van der Waals surface area contributed by atoms with E-state index in [0.29, 0.717) is 24.8 Å². The van der Waals surface area contributed by atoms with Gasteiger partial charge in [-0.2, -0.15) is 0 Å². The van der Waals surface area contributed by atoms with Crippen LogP contribution < -0.4 is 15.4 Å². The van der Waals surface area contributed by atoms with Gasteiger partial charge in [-0.05, 0) is 30.2 Å². The minimum Gasteiger partial charge on any atom is -0.489 e. The number of hydrogen-bond donors (Lipinski definition) is 2. The zero-order chi connectivity index (χ0) is 17.4. The van der Waals surface area contributed by atoms with Crippen molar-refractivity contribution in [2.24, 2.45) is 12.0 Å². The van der Waals surface area contributed by atoms with E-state index in [0.717, 1.165) is 6.42 Å². The average Bonchev–Trinajstić information content (AvgIpc) is 2.99. The van der Waals surface area contributed by atoms with Crippen LogP contribution in [0.2, 0.25) is 0 Å². The standard InChI is InChI=1S/C18H25FN4O.HI/c1-4-16(24-17-7-5-6-15(19)10-17)12-22-18(20-2)21-11-14-8-9-23(3)13-14;/h5-10,13,16H,4,11-12H2,1-3H3,(H2,20,21,22);1H. The third kappa shape index (κ3) is 7.33. The van der Waals surface area contributed by atoms with Gasteiger partial charge >= 0.3 is 0 Å². The van der Waals surface area contributed by atoms with Crippen molar-refractivity contribution in [3.63, 3.8) is 0 Å². The van der Waals surface area contributed by atoms with Crippen molar-refractivity contribution in [2.75, 3.05) is 13.6 Å². The van der Waals surface area contributed by atoms with E-state index in [-0.39, 0.29) is 35.9 Å². The number of hydrogen-bond acceptors (Lipinski definition) is 2. The van der Waals surface area contributed by atoms with Crippen LogP contribution in [0, 0.1) is 5.82 Å². The second-order valence-electron chi connectivity index (χ2n) is 5.60. The molecule has 0 spiro atoms. The highest BCUT2D eigenvalue weighted by Gasteiger charge is 2.10. The quantitative estimate of drug-likeness (QED) is 0.379. The van der Waals surface area contributed by atoms with Crippen LogP contribution in [0.15, 0.2) is 47.7 Å². The second-order valence-corrected chi connectivity index (χ2v) is 5.60. The summed E-state index contributed by atoms with van der Waals surface area (Å²) in [6, 6.07) is 8.26. The van der Waals surface area contributed by atoms with Gasteiger partial charge in [-0.15, -0.1) is 24.0 Å². The molecule has 138 valence electrons. The molecule has 0 saturated heterocycles. The molecule has 7 heteroatoms. The van der Waals surface area contributed by atoms with Crippen molar-refractivity contribution in [1.82, 2.24) is 15.2 Å². The van der Waals surface area contributed by atoms with Gasteiger partial charge in [0, 0.05) is 39.1 Å². The molecule has 0 radical (unpaired) electrons. The fourth-order valence-corrected chi connectivity index (χ4v) is 2.28. The molecule has 0 fully saturated rings. The molecule has 0 saturated carbocycles. The number of guanidine groups is 1. The molecule has 1 atom stereocenters. The number of ether oxygens (including phenoxy) is 1. The maximum absolute atomic E-state index is 13.2. The van der Waals surface area contributed by atoms with E-state index < -0.39 is 0 Å². The summed E-state index contributed by atoms with van der Waals surface area (Å²) >= 11 is 0. The van der Waals surface area contributed by atoms with Crippen LogP contribution in [0.5, 0.6) is 5.75 Å². The van der Waals surface area contributed by atoms with Gasteiger partial charge in [0.1, 0.15) is 17.7 Å². The minimum absolute atomic E-state index is 0. The summed E-state index contributed by atoms with van der Waals surface area (Å²) < 4.78 is 21.1. The fraction of sp³-hybridized carbons (Fsp3) is 0.389. The first-order valence-electron chi connectivity index (χ1n) is 8.08. The number of benzene rings is 1. The molecular weight excluding hydrogens is 434 g/mol. The zero-order valence-electron chi connectivity index (χ0n) is 14.8. The van der Waals surface area contributed by atoms with Gasteiger partial charge in [-0.1, -0.05) is 13.0 Å². The van der Waals surface area contributed by atoms with Gasteiger partial charge in [0.25, 0.3) is 0 Å². The molecule has 0 bridgehead atoms. The van der Waals surface area contributed by atoms with Crippen molar-refractivity contribution in [1.29, 1.82) is 0 Å². The summed E-state index contributed by atoms with van der Waals surface area (Å²) in [4.78, 5) is 4.21. The van der Waals surface area contributed by atoms with E-state index in [2.05, 4.69) is 27.9 Å². The largest absolute Gasteiger partial charge is 0.489 e. The Hall–Kier alpha value is -1.77. The minimum atomic E-state index is -0.296. The molecule has 5 nitrogen and oxygen atoms in total. The highest BCUT2D eigenvalue weighted by molar-refractivity contribution is 14.0. The van der Waals surface area contributed by atoms with Crippen LogP contribution in [0.3, 0.4) is 0 Å². The SMILES string of the molecule is CCC(CNC(=NC)NCc1ccn(C)c1)Oc1cccc(F)c1.I. The Labute approximate surface area is 165 Å². The van der Waals surface area contributed by atoms with Crippen molar-refractivity contribution in [3.05, 3.63) is 54.1 Å². The van der Waals surface area contributed by atoms with Crippen LogP contribution in [0.25, 0.3) is 0 Å². The first-order valence-corrected chi connectivity index (χ1v) is 8.08. The monoisotopic (exact) mass is 460 g/mol. The Morgan fingerprint density at radius 1 is 1.32 bits per heavy atom. The molecule has 0 aliphatic heterocycles. The lowest BCUT2D eigenvalue weighted by molar-refractivity contribution is 0.199. The van der Waals surface area contributed by atoms with Gasteiger partial charge in [0.2, 0.25) is 0 Å². The molecule has 1 aromatic carbocycles. The van der Waals surface area contributed by atoms with Gasteiger partial charge in [-0.3, -0.25) is 4.99 Å². The van der Waals surface area contributed by atoms with Crippen LogP contribution in [0.4, 0.5) is 4.39 Å². The van der Waals surface area contributed by atoms with E-state index >= 15 is 0 Å². The van der Waals surface area contributed by atoms with Crippen LogP contribution in [-0.2, 0) is 13.6 Å². The van der Waals surface area contributed by atoms with Crippen LogP contribution in [-0.4, -0.2) is 30.2 Å². The molecule has 0 aliphatic rings. The van der Waals surface area contributed by atoms with Gasteiger partial charge < -0.3 is 19.9 Å². The second kappa shape index (κ2) is 11.0. The number of nitrogens with zero attached hydrogens (tertiary/aromatic N) is 2. The summed E-state index contributed by atoms with van der Waals surface area (Å²) in [6.07, 6.45) is 4.80. The van der Waals surface area contributed by atoms with Gasteiger partial charge in [0.15, 0.2) is 5.96 Å². The first kappa shape index (κ1) is 21.3. The topological polar surface area (TPSA) is 50.6 Å². The molecule has 1 unspecified atom stereocenters. The summed E-state index contributed by atoms with van der Waals surface area (Å²) in [6.45, 7) is 3.31. The third-order valence-corrected chi connectivity index (χ3v) is 3.63. The predicted molar refractivity (Wildman–Crippen MR) is 110 cm³/mol. The lowest BCUT2D eigenvalue weighted by Gasteiger charge is -2.20. The number of rotatable bonds is 7. The van der Waals surface area contributed by atoms with Crippen molar-refractivity contribution in [3.8, 4) is 5.75 Å². The number of aryl methyl sites for hydroxylation is 1. The molecule has 0 amide bonds. The summed E-state index contributed by atoms with van der Waals surface area (Å²) in [7, 11) is 3.72. The fourth-order valence-electron chi connectivity index (χ4n) is 2.28. The van der Waals surface area contributed by atoms with Crippen molar-refractivity contribution < 1.29 is 9.13 Å². The lowest BCUT2D eigenvalue weighted by atomic mass is 10.2. The Morgan fingerprint density at radius 2 is 2.12 bits per heavy atom. The van der Waals surface area contributed by atoms with E-state index in [1.54, 1.807) is 19.2 Å². The molecule has 2 rings (SSSR count). The Balaban J connectivity index is 0.00000312. The molecular formula is C18H26FIN4O. The Morgan fingerprint density at radius 3 is 2.72 bits per heavy atom. The number of aromatic nitrogens is 1. The highest BCUT2D eigenvalue weighted by Crippen LogP contribution is 2.14. The van der Waals surface area contributed by atoms with E-state index in [9.17, 15) is 4.39 Å². The van der Waals surface area contributed by atoms with Crippen molar-refractivity contribution in [2.45, 2.75) is 26.0 Å². The normalized spacial score (nSPS) is 12.2. The van der Waals surface area contributed by atoms with E-state index in [1.807, 2.05) is 24.7 Å². The lowest BCUT2D eigenvalue weighted by Crippen LogP contribution is -2.42. The molecule has 2 aromatic rings. The van der Waals surface area contributed by atoms with Gasteiger partial charge in [0.05, 0.1) is 6.54 Å². The van der Waals surface area contributed by atoms with Crippen LogP contribution in [0.1, 0.15) is 18.9 Å². The maximum Gasteiger partial charge on any atom is 0.191 e. The maximum atomic E-state index is 13.2. The van der Waals surface area contributed by atoms with Crippen molar-refractivity contribution >= 4 is 29.9 Å². The molecule has 2 N–H and O–H groups in total. The van der Waals surface area contributed by atoms with E-state index in [1.165, 1.54) is 17.7 Å². The summed E-state index contributed by atoms with van der Waals surface area (Å²) in [5.74, 6) is 0.951. The third-order valence-electron chi connectivity index (χ3n) is 3.63. The van der Waals surface area contributed by atoms with E-state index in [4.69, 9.17) is 4.74 Å².